The van der Waals surface area contributed by atoms with Crippen LogP contribution < -0.4 is 4.74 Å². The van der Waals surface area contributed by atoms with Crippen LogP contribution >= 0.6 is 0 Å². The molecule has 0 atom stereocenters. The molecule has 0 saturated carbocycles. The number of methoxy groups -OCH3 is 1. The van der Waals surface area contributed by atoms with E-state index in [1.807, 2.05) is 44.2 Å². The van der Waals surface area contributed by atoms with Gasteiger partial charge in [0.15, 0.2) is 18.1 Å². The number of rotatable bonds is 7. The van der Waals surface area contributed by atoms with E-state index in [0.717, 1.165) is 5.56 Å². The van der Waals surface area contributed by atoms with E-state index in [2.05, 4.69) is 0 Å². The summed E-state index contributed by atoms with van der Waals surface area (Å²) in [4.78, 5) is 25.7. The number of esters is 1. The maximum Gasteiger partial charge on any atom is 0.338 e. The summed E-state index contributed by atoms with van der Waals surface area (Å²) >= 11 is 0. The molecule has 0 radical (unpaired) electrons. The maximum absolute atomic E-state index is 13.3. The molecule has 2 aromatic rings. The second kappa shape index (κ2) is 8.47. The molecule has 0 N–H and O–H groups in total. The van der Waals surface area contributed by atoms with Crippen LogP contribution in [0.25, 0.3) is 0 Å². The fourth-order valence-electron chi connectivity index (χ4n) is 4.23. The first-order valence-electron chi connectivity index (χ1n) is 10.9. The smallest absolute Gasteiger partial charge is 0.338 e. The second-order valence-electron chi connectivity index (χ2n) is 9.05. The molecule has 0 aromatic heterocycles. The van der Waals surface area contributed by atoms with E-state index >= 15 is 0 Å². The second-order valence-corrected chi connectivity index (χ2v) is 10.9. The van der Waals surface area contributed by atoms with Crippen LogP contribution in [0.1, 0.15) is 55.1 Å². The highest BCUT2D eigenvalue weighted by atomic mass is 32.2. The number of cyclic esters (lactones) is 1. The molecule has 0 unspecified atom stereocenters. The predicted molar refractivity (Wildman–Crippen MR) is 124 cm³/mol. The molecule has 2 aromatic carbocycles. The Kier molecular flexibility index (Phi) is 5.93. The van der Waals surface area contributed by atoms with Crippen molar-refractivity contribution in [2.24, 2.45) is 0 Å². The Labute approximate surface area is 199 Å². The van der Waals surface area contributed by atoms with Gasteiger partial charge >= 0.3 is 5.97 Å². The molecule has 0 fully saturated rings. The minimum atomic E-state index is -4.17. The third kappa shape index (κ3) is 3.94. The van der Waals surface area contributed by atoms with Gasteiger partial charge in [-0.1, -0.05) is 44.2 Å². The molecule has 2 aliphatic rings. The minimum Gasteiger partial charge on any atom is -0.497 e. The summed E-state index contributed by atoms with van der Waals surface area (Å²) in [6.45, 7) is 6.49. The molecule has 8 nitrogen and oxygen atoms in total. The van der Waals surface area contributed by atoms with Crippen molar-refractivity contribution in [1.29, 1.82) is 0 Å². The summed E-state index contributed by atoms with van der Waals surface area (Å²) in [5.74, 6) is -0.750. The molecular weight excluding hydrogens is 458 g/mol. The monoisotopic (exact) mass is 485 g/mol. The summed E-state index contributed by atoms with van der Waals surface area (Å²) in [7, 11) is -2.73. The SMILES string of the molecule is COc1cc(C(C)C)c2c(c1)S(=O)(=O)N(COC1=C(Cc3ccccc3)C(=O)OC1(C)C)C2=O. The number of hydrogen-bond donors (Lipinski definition) is 0. The fourth-order valence-corrected chi connectivity index (χ4v) is 5.70. The van der Waals surface area contributed by atoms with Gasteiger partial charge in [-0.3, -0.25) is 4.79 Å². The van der Waals surface area contributed by atoms with Gasteiger partial charge in [-0.2, -0.15) is 4.31 Å². The zero-order valence-electron chi connectivity index (χ0n) is 19.7. The summed E-state index contributed by atoms with van der Waals surface area (Å²) in [5.41, 5.74) is 0.763. The topological polar surface area (TPSA) is 99.2 Å². The first kappa shape index (κ1) is 23.8. The molecule has 0 spiro atoms. The summed E-state index contributed by atoms with van der Waals surface area (Å²) in [5, 5.41) is 0. The van der Waals surface area contributed by atoms with Crippen molar-refractivity contribution in [3.63, 3.8) is 0 Å². The lowest BCUT2D eigenvalue weighted by molar-refractivity contribution is -0.146. The number of amides is 1. The molecule has 1 amide bonds. The molecule has 0 saturated heterocycles. The number of carbonyl (C=O) groups is 2. The third-order valence-electron chi connectivity index (χ3n) is 5.94. The van der Waals surface area contributed by atoms with Crippen molar-refractivity contribution < 1.29 is 32.2 Å². The maximum atomic E-state index is 13.3. The van der Waals surface area contributed by atoms with E-state index in [1.165, 1.54) is 13.2 Å². The Hall–Kier alpha value is -3.33. The summed E-state index contributed by atoms with van der Waals surface area (Å²) in [6, 6.07) is 12.3. The van der Waals surface area contributed by atoms with E-state index in [0.29, 0.717) is 21.2 Å². The normalized spacial score (nSPS) is 18.4. The van der Waals surface area contributed by atoms with Crippen LogP contribution in [-0.4, -0.2) is 44.0 Å². The minimum absolute atomic E-state index is 0.108. The standard InChI is InChI=1S/C25H27NO7S/c1-15(2)18-12-17(31-5)13-20-21(18)23(27)26(34(20,29)30)14-32-22-19(24(28)33-25(22,3)4)11-16-9-7-6-8-10-16/h6-10,12-13,15H,11,14H2,1-5H3. The Balaban J connectivity index is 1.69. The summed E-state index contributed by atoms with van der Waals surface area (Å²) in [6.07, 6.45) is 0.258. The highest BCUT2D eigenvalue weighted by Crippen LogP contribution is 2.40. The number of nitrogens with zero attached hydrogens (tertiary/aromatic N) is 1. The van der Waals surface area contributed by atoms with E-state index < -0.39 is 34.2 Å². The van der Waals surface area contributed by atoms with Gasteiger partial charge in [0.2, 0.25) is 0 Å². The number of hydrogen-bond acceptors (Lipinski definition) is 7. The van der Waals surface area contributed by atoms with Crippen LogP contribution in [0.3, 0.4) is 0 Å². The van der Waals surface area contributed by atoms with Gasteiger partial charge < -0.3 is 14.2 Å². The lowest BCUT2D eigenvalue weighted by atomic mass is 9.96. The molecule has 9 heteroatoms. The molecule has 2 heterocycles. The number of carbonyl (C=O) groups excluding carboxylic acids is 2. The summed E-state index contributed by atoms with van der Waals surface area (Å²) < 4.78 is 43.9. The lowest BCUT2D eigenvalue weighted by Gasteiger charge is -2.24. The van der Waals surface area contributed by atoms with Crippen LogP contribution in [0.5, 0.6) is 5.75 Å². The van der Waals surface area contributed by atoms with Crippen LogP contribution in [0.15, 0.2) is 58.7 Å². The van der Waals surface area contributed by atoms with Gasteiger partial charge in [-0.25, -0.2) is 13.2 Å². The molecule has 2 aliphatic heterocycles. The average Bonchev–Trinajstić information content (AvgIpc) is 3.11. The van der Waals surface area contributed by atoms with Crippen LogP contribution in [-0.2, 0) is 30.7 Å². The zero-order chi connectivity index (χ0) is 24.8. The predicted octanol–water partition coefficient (Wildman–Crippen LogP) is 3.77. The van der Waals surface area contributed by atoms with E-state index in [9.17, 15) is 18.0 Å². The Morgan fingerprint density at radius 2 is 1.76 bits per heavy atom. The zero-order valence-corrected chi connectivity index (χ0v) is 20.6. The van der Waals surface area contributed by atoms with Crippen molar-refractivity contribution >= 4 is 21.9 Å². The molecule has 34 heavy (non-hydrogen) atoms. The highest BCUT2D eigenvalue weighted by molar-refractivity contribution is 7.90. The third-order valence-corrected chi connectivity index (χ3v) is 7.67. The first-order chi connectivity index (χ1) is 16.0. The van der Waals surface area contributed by atoms with E-state index in [-0.39, 0.29) is 28.6 Å². The van der Waals surface area contributed by atoms with Gasteiger partial charge in [-0.05, 0) is 37.0 Å². The lowest BCUT2D eigenvalue weighted by Crippen LogP contribution is -2.34. The highest BCUT2D eigenvalue weighted by Gasteiger charge is 2.47. The van der Waals surface area contributed by atoms with Gasteiger partial charge in [0, 0.05) is 12.5 Å². The first-order valence-corrected chi connectivity index (χ1v) is 12.3. The van der Waals surface area contributed by atoms with Gasteiger partial charge in [0.05, 0.1) is 18.2 Å². The van der Waals surface area contributed by atoms with Crippen LogP contribution in [0, 0.1) is 0 Å². The quantitative estimate of drug-likeness (QED) is 0.551. The van der Waals surface area contributed by atoms with Gasteiger partial charge in [0.1, 0.15) is 10.6 Å². The van der Waals surface area contributed by atoms with E-state index in [1.54, 1.807) is 19.9 Å². The number of ether oxygens (including phenoxy) is 3. The molecule has 0 bridgehead atoms. The molecule has 0 aliphatic carbocycles. The van der Waals surface area contributed by atoms with Gasteiger partial charge in [-0.15, -0.1) is 0 Å². The van der Waals surface area contributed by atoms with Crippen molar-refractivity contribution in [1.82, 2.24) is 4.31 Å². The van der Waals surface area contributed by atoms with Crippen LogP contribution in [0.4, 0.5) is 0 Å². The number of fused-ring (bicyclic) bond motifs is 1. The number of sulfonamides is 1. The Morgan fingerprint density at radius 3 is 2.38 bits per heavy atom. The van der Waals surface area contributed by atoms with Crippen molar-refractivity contribution in [2.75, 3.05) is 13.8 Å². The number of benzene rings is 2. The fraction of sp³-hybridized carbons (Fsp3) is 0.360. The van der Waals surface area contributed by atoms with Gasteiger partial charge in [0.25, 0.3) is 15.9 Å². The Bertz CT molecular complexity index is 1290. The van der Waals surface area contributed by atoms with Crippen molar-refractivity contribution in [3.05, 3.63) is 70.5 Å². The largest absolute Gasteiger partial charge is 0.497 e. The van der Waals surface area contributed by atoms with Crippen molar-refractivity contribution in [3.8, 4) is 5.75 Å². The molecular formula is C25H27NO7S. The molecule has 180 valence electrons. The average molecular weight is 486 g/mol. The molecule has 4 rings (SSSR count). The van der Waals surface area contributed by atoms with Crippen molar-refractivity contribution in [2.45, 2.75) is 50.5 Å². The van der Waals surface area contributed by atoms with E-state index in [4.69, 9.17) is 14.2 Å². The van der Waals surface area contributed by atoms with Crippen LogP contribution in [0.2, 0.25) is 0 Å². The Morgan fingerprint density at radius 1 is 1.09 bits per heavy atom.